The Kier molecular flexibility index (Phi) is 14.5. The average molecular weight is 622 g/mol. The van der Waals surface area contributed by atoms with Crippen LogP contribution in [0.4, 0.5) is 4.79 Å². The van der Waals surface area contributed by atoms with Gasteiger partial charge in [0.15, 0.2) is 18.3 Å². The molecule has 1 aliphatic heterocycles. The standard InChI is InChI=1S/C25H39N3O13S/c1-12(28-24(35)41-25(6,7)8)22(34)26-9-18(33)27-11-42-23-21(39-16(5)32)20(38-15(4)31)19(37-14(3)30)17(40-23)10-36-13(2)29/h12,17,19-21,23H,9-11H2,1-8H3,(H,26,34)(H,27,33)(H,28,35)/t12-,17+,19+,20-,21+,23-/m0/s1. The van der Waals surface area contributed by atoms with Crippen LogP contribution in [0.5, 0.6) is 0 Å². The van der Waals surface area contributed by atoms with E-state index >= 15 is 0 Å². The molecule has 6 atom stereocenters. The molecule has 0 radical (unpaired) electrons. The maximum atomic E-state index is 12.3. The fourth-order valence-electron chi connectivity index (χ4n) is 3.46. The van der Waals surface area contributed by atoms with Gasteiger partial charge in [0, 0.05) is 27.7 Å². The largest absolute Gasteiger partial charge is 0.463 e. The first-order chi connectivity index (χ1) is 19.4. The summed E-state index contributed by atoms with van der Waals surface area (Å²) in [5.74, 6) is -4.31. The molecular formula is C25H39N3O13S. The Bertz CT molecular complexity index is 1020. The molecule has 0 aromatic heterocycles. The predicted octanol–water partition coefficient (Wildman–Crippen LogP) is -0.0942. The Morgan fingerprint density at radius 1 is 0.810 bits per heavy atom. The van der Waals surface area contributed by atoms with Crippen molar-refractivity contribution in [2.24, 2.45) is 0 Å². The molecule has 16 nitrogen and oxygen atoms in total. The van der Waals surface area contributed by atoms with Crippen LogP contribution in [0.1, 0.15) is 55.4 Å². The quantitative estimate of drug-likeness (QED) is 0.148. The lowest BCUT2D eigenvalue weighted by Crippen LogP contribution is -2.61. The van der Waals surface area contributed by atoms with Gasteiger partial charge in [-0.1, -0.05) is 0 Å². The summed E-state index contributed by atoms with van der Waals surface area (Å²) in [7, 11) is 0. The van der Waals surface area contributed by atoms with Gasteiger partial charge < -0.3 is 44.4 Å². The molecule has 42 heavy (non-hydrogen) atoms. The fourth-order valence-corrected chi connectivity index (χ4v) is 4.49. The van der Waals surface area contributed by atoms with Crippen molar-refractivity contribution < 1.29 is 62.0 Å². The predicted molar refractivity (Wildman–Crippen MR) is 144 cm³/mol. The lowest BCUT2D eigenvalue weighted by Gasteiger charge is -2.44. The van der Waals surface area contributed by atoms with Gasteiger partial charge in [-0.2, -0.15) is 0 Å². The topological polar surface area (TPSA) is 211 Å². The first kappa shape index (κ1) is 36.4. The van der Waals surface area contributed by atoms with Gasteiger partial charge in [0.25, 0.3) is 0 Å². The smallest absolute Gasteiger partial charge is 0.408 e. The second kappa shape index (κ2) is 16.7. The third kappa shape index (κ3) is 13.8. The van der Waals surface area contributed by atoms with E-state index in [0.717, 1.165) is 39.5 Å². The van der Waals surface area contributed by atoms with Gasteiger partial charge in [0.1, 0.15) is 29.8 Å². The third-order valence-electron chi connectivity index (χ3n) is 5.01. The number of esters is 4. The van der Waals surface area contributed by atoms with Gasteiger partial charge in [-0.25, -0.2) is 4.79 Å². The second-order valence-electron chi connectivity index (χ2n) is 10.1. The molecule has 1 fully saturated rings. The van der Waals surface area contributed by atoms with Crippen LogP contribution in [-0.2, 0) is 57.2 Å². The monoisotopic (exact) mass is 621 g/mol. The molecule has 3 amide bonds. The van der Waals surface area contributed by atoms with Crippen molar-refractivity contribution in [1.29, 1.82) is 0 Å². The van der Waals surface area contributed by atoms with E-state index in [-0.39, 0.29) is 12.5 Å². The number of thioether (sulfide) groups is 1. The van der Waals surface area contributed by atoms with Crippen molar-refractivity contribution in [2.45, 2.75) is 96.9 Å². The minimum absolute atomic E-state index is 0.131. The SMILES string of the molecule is CC(=O)OC[C@H]1O[C@@H](SCNC(=O)CNC(=O)[C@H](C)NC(=O)OC(C)(C)C)[C@H](OC(C)=O)[C@@H](OC(C)=O)[C@@H]1OC(C)=O. The highest BCUT2D eigenvalue weighted by Crippen LogP contribution is 2.34. The van der Waals surface area contributed by atoms with E-state index in [1.165, 1.54) is 6.92 Å². The number of alkyl carbamates (subject to hydrolysis) is 1. The maximum Gasteiger partial charge on any atom is 0.408 e. The molecular weight excluding hydrogens is 582 g/mol. The highest BCUT2D eigenvalue weighted by atomic mass is 32.2. The van der Waals surface area contributed by atoms with Gasteiger partial charge in [-0.05, 0) is 27.7 Å². The normalized spacial score (nSPS) is 22.4. The van der Waals surface area contributed by atoms with E-state index in [1.807, 2.05) is 0 Å². The van der Waals surface area contributed by atoms with Gasteiger partial charge in [0.2, 0.25) is 11.8 Å². The van der Waals surface area contributed by atoms with Crippen LogP contribution < -0.4 is 16.0 Å². The van der Waals surface area contributed by atoms with Crippen molar-refractivity contribution in [2.75, 3.05) is 19.0 Å². The molecule has 1 heterocycles. The van der Waals surface area contributed by atoms with E-state index in [9.17, 15) is 33.6 Å². The Morgan fingerprint density at radius 2 is 1.36 bits per heavy atom. The molecule has 0 bridgehead atoms. The summed E-state index contributed by atoms with van der Waals surface area (Å²) in [4.78, 5) is 83.4. The first-order valence-electron chi connectivity index (χ1n) is 12.9. The van der Waals surface area contributed by atoms with Crippen molar-refractivity contribution in [3.8, 4) is 0 Å². The summed E-state index contributed by atoms with van der Waals surface area (Å²) in [5, 5.41) is 7.26. The third-order valence-corrected chi connectivity index (χ3v) is 6.03. The molecule has 3 N–H and O–H groups in total. The van der Waals surface area contributed by atoms with E-state index < -0.39 is 89.8 Å². The Morgan fingerprint density at radius 3 is 1.88 bits per heavy atom. The van der Waals surface area contributed by atoms with Crippen molar-refractivity contribution in [3.63, 3.8) is 0 Å². The zero-order valence-corrected chi connectivity index (χ0v) is 25.6. The minimum atomic E-state index is -1.34. The highest BCUT2D eigenvalue weighted by molar-refractivity contribution is 7.99. The molecule has 1 rings (SSSR count). The van der Waals surface area contributed by atoms with Crippen molar-refractivity contribution in [1.82, 2.24) is 16.0 Å². The van der Waals surface area contributed by atoms with Gasteiger partial charge >= 0.3 is 30.0 Å². The molecule has 0 saturated carbocycles. The van der Waals surface area contributed by atoms with Crippen molar-refractivity contribution >= 4 is 53.5 Å². The lowest BCUT2D eigenvalue weighted by atomic mass is 9.99. The fraction of sp³-hybridized carbons (Fsp3) is 0.720. The first-order valence-corrected chi connectivity index (χ1v) is 13.9. The summed E-state index contributed by atoms with van der Waals surface area (Å²) in [5.41, 5.74) is -1.84. The minimum Gasteiger partial charge on any atom is -0.463 e. The molecule has 0 aromatic rings. The number of amides is 3. The number of ether oxygens (including phenoxy) is 6. The van der Waals surface area contributed by atoms with E-state index in [2.05, 4.69) is 16.0 Å². The van der Waals surface area contributed by atoms with Crippen LogP contribution in [-0.4, -0.2) is 102 Å². The molecule has 0 spiro atoms. The summed E-state index contributed by atoms with van der Waals surface area (Å²) in [6.45, 7) is 10.1. The van der Waals surface area contributed by atoms with Crippen LogP contribution >= 0.6 is 11.8 Å². The molecule has 0 aliphatic carbocycles. The van der Waals surface area contributed by atoms with E-state index in [0.29, 0.717) is 0 Å². The zero-order valence-electron chi connectivity index (χ0n) is 24.8. The number of carbonyl (C=O) groups is 7. The molecule has 0 aromatic carbocycles. The number of hydrogen-bond acceptors (Lipinski definition) is 14. The molecule has 17 heteroatoms. The van der Waals surface area contributed by atoms with E-state index in [4.69, 9.17) is 28.4 Å². The summed E-state index contributed by atoms with van der Waals surface area (Å²) < 4.78 is 32.0. The van der Waals surface area contributed by atoms with Crippen molar-refractivity contribution in [3.05, 3.63) is 0 Å². The number of hydrogen-bond donors (Lipinski definition) is 3. The molecule has 238 valence electrons. The Balaban J connectivity index is 2.88. The van der Waals surface area contributed by atoms with E-state index in [1.54, 1.807) is 20.8 Å². The number of rotatable bonds is 12. The molecule has 1 saturated heterocycles. The Hall–Kier alpha value is -3.60. The molecule has 1 aliphatic rings. The summed E-state index contributed by atoms with van der Waals surface area (Å²) >= 11 is 0.930. The van der Waals surface area contributed by atoms with Crippen LogP contribution in [0, 0.1) is 0 Å². The summed E-state index contributed by atoms with van der Waals surface area (Å²) in [6.07, 6.45) is -5.84. The van der Waals surface area contributed by atoms with Gasteiger partial charge in [-0.15, -0.1) is 11.8 Å². The highest BCUT2D eigenvalue weighted by Gasteiger charge is 2.52. The van der Waals surface area contributed by atoms with Gasteiger partial charge in [-0.3, -0.25) is 28.8 Å². The van der Waals surface area contributed by atoms with Crippen LogP contribution in [0.25, 0.3) is 0 Å². The number of nitrogens with one attached hydrogen (secondary N) is 3. The van der Waals surface area contributed by atoms with Gasteiger partial charge in [0.05, 0.1) is 12.4 Å². The Labute approximate surface area is 247 Å². The average Bonchev–Trinajstić information content (AvgIpc) is 2.82. The van der Waals surface area contributed by atoms with Crippen LogP contribution in [0.3, 0.4) is 0 Å². The zero-order chi connectivity index (χ0) is 32.2. The molecule has 0 unspecified atom stereocenters. The summed E-state index contributed by atoms with van der Waals surface area (Å²) in [6, 6.07) is -0.986. The second-order valence-corrected chi connectivity index (χ2v) is 11.2. The number of carbonyl (C=O) groups excluding carboxylic acids is 7. The maximum absolute atomic E-state index is 12.3. The lowest BCUT2D eigenvalue weighted by molar-refractivity contribution is -0.237. The van der Waals surface area contributed by atoms with Crippen LogP contribution in [0.15, 0.2) is 0 Å². The van der Waals surface area contributed by atoms with Crippen LogP contribution in [0.2, 0.25) is 0 Å².